The van der Waals surface area contributed by atoms with Crippen molar-refractivity contribution in [3.63, 3.8) is 0 Å². The minimum absolute atomic E-state index is 0.0672. The Hall–Kier alpha value is -2.03. The van der Waals surface area contributed by atoms with Crippen molar-refractivity contribution >= 4 is 5.97 Å². The van der Waals surface area contributed by atoms with Gasteiger partial charge in [-0.15, -0.1) is 0 Å². The summed E-state index contributed by atoms with van der Waals surface area (Å²) in [4.78, 5) is 15.0. The average Bonchev–Trinajstić information content (AvgIpc) is 2.28. The van der Waals surface area contributed by atoms with E-state index in [4.69, 9.17) is 5.26 Å². The molecule has 0 saturated carbocycles. The normalized spacial score (nSPS) is 10.1. The lowest BCUT2D eigenvalue weighted by molar-refractivity contribution is 0.0512. The molecule has 0 spiro atoms. The van der Waals surface area contributed by atoms with Crippen molar-refractivity contribution < 1.29 is 18.3 Å². The summed E-state index contributed by atoms with van der Waals surface area (Å²) in [7, 11) is 0. The topological polar surface area (TPSA) is 63.0 Å². The maximum absolute atomic E-state index is 12.7. The van der Waals surface area contributed by atoms with Crippen LogP contribution in [0.15, 0.2) is 6.20 Å². The van der Waals surface area contributed by atoms with Gasteiger partial charge in [-0.05, 0) is 19.4 Å². The average molecular weight is 240 g/mol. The molecule has 1 aromatic rings. The number of carbonyl (C=O) groups excluding carboxylic acids is 1. The van der Waals surface area contributed by atoms with E-state index in [1.54, 1.807) is 13.0 Å². The molecule has 0 N–H and O–H groups in total. The summed E-state index contributed by atoms with van der Waals surface area (Å²) in [5.41, 5.74) is -0.727. The summed E-state index contributed by atoms with van der Waals surface area (Å²) in [6.45, 7) is 3.05. The SMILES string of the molecule is CCOC(=O)c1c(C(F)F)ncc(C#N)c1C. The molecule has 0 saturated heterocycles. The number of hydrogen-bond acceptors (Lipinski definition) is 4. The number of ether oxygens (including phenoxy) is 1. The molecule has 0 bridgehead atoms. The predicted octanol–water partition coefficient (Wildman–Crippen LogP) is 2.38. The molecule has 0 radical (unpaired) electrons. The third-order valence-corrected chi connectivity index (χ3v) is 2.17. The number of hydrogen-bond donors (Lipinski definition) is 0. The quantitative estimate of drug-likeness (QED) is 0.761. The first-order valence-electron chi connectivity index (χ1n) is 4.87. The fraction of sp³-hybridized carbons (Fsp3) is 0.364. The molecule has 0 aliphatic heterocycles. The Morgan fingerprint density at radius 2 is 2.29 bits per heavy atom. The van der Waals surface area contributed by atoms with Crippen molar-refractivity contribution in [3.8, 4) is 6.07 Å². The van der Waals surface area contributed by atoms with E-state index in [1.165, 1.54) is 6.92 Å². The van der Waals surface area contributed by atoms with Crippen LogP contribution in [0.25, 0.3) is 0 Å². The van der Waals surface area contributed by atoms with Gasteiger partial charge in [0.05, 0.1) is 17.7 Å². The Morgan fingerprint density at radius 1 is 1.65 bits per heavy atom. The van der Waals surface area contributed by atoms with Crippen LogP contribution >= 0.6 is 0 Å². The molecule has 6 heteroatoms. The van der Waals surface area contributed by atoms with Gasteiger partial charge < -0.3 is 4.74 Å². The summed E-state index contributed by atoms with van der Waals surface area (Å²) in [6, 6.07) is 1.78. The van der Waals surface area contributed by atoms with Crippen molar-refractivity contribution in [3.05, 3.63) is 28.6 Å². The number of rotatable bonds is 3. The van der Waals surface area contributed by atoms with E-state index in [2.05, 4.69) is 9.72 Å². The summed E-state index contributed by atoms with van der Waals surface area (Å²) in [5, 5.41) is 8.75. The standard InChI is InChI=1S/C11H10F2N2O2/c1-3-17-11(16)8-6(2)7(4-14)5-15-9(8)10(12)13/h5,10H,3H2,1-2H3. The van der Waals surface area contributed by atoms with E-state index in [0.29, 0.717) is 0 Å². The maximum atomic E-state index is 12.7. The number of halogens is 2. The van der Waals surface area contributed by atoms with E-state index in [-0.39, 0.29) is 23.3 Å². The van der Waals surface area contributed by atoms with E-state index < -0.39 is 18.1 Å². The molecule has 0 atom stereocenters. The zero-order valence-electron chi connectivity index (χ0n) is 9.33. The number of nitrogens with zero attached hydrogens (tertiary/aromatic N) is 2. The third kappa shape index (κ3) is 2.56. The minimum atomic E-state index is -2.89. The number of pyridine rings is 1. The second-order valence-electron chi connectivity index (χ2n) is 3.19. The van der Waals surface area contributed by atoms with Gasteiger partial charge in [0.15, 0.2) is 0 Å². The van der Waals surface area contributed by atoms with Crippen molar-refractivity contribution in [2.75, 3.05) is 6.61 Å². The lowest BCUT2D eigenvalue weighted by Gasteiger charge is -2.10. The van der Waals surface area contributed by atoms with Crippen LogP contribution in [-0.4, -0.2) is 17.6 Å². The van der Waals surface area contributed by atoms with Gasteiger partial charge in [0, 0.05) is 6.20 Å². The summed E-state index contributed by atoms with van der Waals surface area (Å²) in [5.74, 6) is -0.884. The lowest BCUT2D eigenvalue weighted by Crippen LogP contribution is -2.13. The van der Waals surface area contributed by atoms with Crippen LogP contribution in [0.5, 0.6) is 0 Å². The van der Waals surface area contributed by atoms with Crippen molar-refractivity contribution in [2.24, 2.45) is 0 Å². The first kappa shape index (κ1) is 13.0. The zero-order chi connectivity index (χ0) is 13.0. The van der Waals surface area contributed by atoms with Gasteiger partial charge in [-0.3, -0.25) is 4.98 Å². The lowest BCUT2D eigenvalue weighted by atomic mass is 10.0. The molecule has 0 fully saturated rings. The van der Waals surface area contributed by atoms with Crippen LogP contribution in [0.1, 0.15) is 40.5 Å². The van der Waals surface area contributed by atoms with Crippen molar-refractivity contribution in [2.45, 2.75) is 20.3 Å². The fourth-order valence-electron chi connectivity index (χ4n) is 1.36. The molecule has 1 heterocycles. The number of esters is 1. The zero-order valence-corrected chi connectivity index (χ0v) is 9.33. The summed E-state index contributed by atoms with van der Waals surface area (Å²) in [6.07, 6.45) is -1.86. The third-order valence-electron chi connectivity index (χ3n) is 2.17. The summed E-state index contributed by atoms with van der Waals surface area (Å²) < 4.78 is 30.1. The molecular formula is C11H10F2N2O2. The second-order valence-corrected chi connectivity index (χ2v) is 3.19. The molecule has 90 valence electrons. The summed E-state index contributed by atoms with van der Waals surface area (Å²) >= 11 is 0. The van der Waals surface area contributed by atoms with E-state index in [0.717, 1.165) is 6.20 Å². The van der Waals surface area contributed by atoms with Gasteiger partial charge in [0.25, 0.3) is 6.43 Å². The Kier molecular flexibility index (Phi) is 4.10. The molecule has 4 nitrogen and oxygen atoms in total. The monoisotopic (exact) mass is 240 g/mol. The van der Waals surface area contributed by atoms with Gasteiger partial charge in [-0.25, -0.2) is 13.6 Å². The number of carbonyl (C=O) groups is 1. The van der Waals surface area contributed by atoms with Crippen LogP contribution < -0.4 is 0 Å². The van der Waals surface area contributed by atoms with Crippen molar-refractivity contribution in [1.82, 2.24) is 4.98 Å². The largest absolute Gasteiger partial charge is 0.462 e. The molecule has 17 heavy (non-hydrogen) atoms. The van der Waals surface area contributed by atoms with E-state index >= 15 is 0 Å². The molecule has 0 aromatic carbocycles. The van der Waals surface area contributed by atoms with Gasteiger partial charge in [-0.2, -0.15) is 5.26 Å². The van der Waals surface area contributed by atoms with Crippen molar-refractivity contribution in [1.29, 1.82) is 5.26 Å². The van der Waals surface area contributed by atoms with Gasteiger partial charge >= 0.3 is 5.97 Å². The van der Waals surface area contributed by atoms with E-state index in [1.807, 2.05) is 0 Å². The van der Waals surface area contributed by atoms with Crippen LogP contribution in [0.4, 0.5) is 8.78 Å². The van der Waals surface area contributed by atoms with E-state index in [9.17, 15) is 13.6 Å². The molecule has 0 amide bonds. The van der Waals surface area contributed by atoms with Crippen LogP contribution in [0.3, 0.4) is 0 Å². The smallest absolute Gasteiger partial charge is 0.340 e. The highest BCUT2D eigenvalue weighted by Crippen LogP contribution is 2.25. The predicted molar refractivity (Wildman–Crippen MR) is 54.6 cm³/mol. The number of nitriles is 1. The van der Waals surface area contributed by atoms with Gasteiger partial charge in [0.2, 0.25) is 0 Å². The Bertz CT molecular complexity index is 481. The number of alkyl halides is 2. The molecule has 1 aromatic heterocycles. The maximum Gasteiger partial charge on any atom is 0.340 e. The Balaban J connectivity index is 3.41. The van der Waals surface area contributed by atoms with Crippen LogP contribution in [0, 0.1) is 18.3 Å². The highest BCUT2D eigenvalue weighted by atomic mass is 19.3. The Labute approximate surface area is 96.8 Å². The fourth-order valence-corrected chi connectivity index (χ4v) is 1.36. The Morgan fingerprint density at radius 3 is 2.76 bits per heavy atom. The van der Waals surface area contributed by atoms with Crippen LogP contribution in [-0.2, 0) is 4.74 Å². The number of aromatic nitrogens is 1. The molecule has 0 aliphatic rings. The highest BCUT2D eigenvalue weighted by molar-refractivity contribution is 5.93. The van der Waals surface area contributed by atoms with Crippen LogP contribution in [0.2, 0.25) is 0 Å². The molecule has 0 unspecified atom stereocenters. The first-order chi connectivity index (χ1) is 8.02. The van der Waals surface area contributed by atoms with Gasteiger partial charge in [-0.1, -0.05) is 0 Å². The first-order valence-corrected chi connectivity index (χ1v) is 4.87. The molecular weight excluding hydrogens is 230 g/mol. The second kappa shape index (κ2) is 5.34. The minimum Gasteiger partial charge on any atom is -0.462 e. The molecule has 1 rings (SSSR count). The van der Waals surface area contributed by atoms with Gasteiger partial charge in [0.1, 0.15) is 11.8 Å². The highest BCUT2D eigenvalue weighted by Gasteiger charge is 2.24. The molecule has 0 aliphatic carbocycles.